The van der Waals surface area contributed by atoms with Crippen LogP contribution in [0.1, 0.15) is 31.6 Å². The summed E-state index contributed by atoms with van der Waals surface area (Å²) in [6.45, 7) is 6.48. The van der Waals surface area contributed by atoms with Crippen LogP contribution in [0.3, 0.4) is 0 Å². The summed E-state index contributed by atoms with van der Waals surface area (Å²) < 4.78 is 21.4. The SMILES string of the molecule is C=CCON=C(c1ccc(OCCCC)cc1)C(F)n1cncn1. The van der Waals surface area contributed by atoms with Gasteiger partial charge in [0, 0.05) is 5.56 Å². The molecule has 0 spiro atoms. The van der Waals surface area contributed by atoms with Crippen LogP contribution in [0.2, 0.25) is 0 Å². The van der Waals surface area contributed by atoms with Crippen LogP contribution in [0.5, 0.6) is 5.75 Å². The standard InChI is InChI=1S/C17H21FN4O2/c1-3-5-11-23-15-8-6-14(7-9-15)16(21-24-10-4-2)17(18)22-13-19-12-20-22/h4,6-9,12-13,17H,2-3,5,10-11H2,1H3. The van der Waals surface area contributed by atoms with Crippen molar-refractivity contribution in [3.63, 3.8) is 0 Å². The van der Waals surface area contributed by atoms with Gasteiger partial charge in [-0.1, -0.05) is 31.2 Å². The molecule has 128 valence electrons. The average Bonchev–Trinajstić information content (AvgIpc) is 3.14. The number of halogens is 1. The van der Waals surface area contributed by atoms with Crippen molar-refractivity contribution in [1.82, 2.24) is 14.8 Å². The molecule has 1 atom stereocenters. The average molecular weight is 332 g/mol. The highest BCUT2D eigenvalue weighted by Gasteiger charge is 2.21. The maximum atomic E-state index is 14.7. The Labute approximate surface area is 140 Å². The molecule has 0 amide bonds. The molecule has 24 heavy (non-hydrogen) atoms. The van der Waals surface area contributed by atoms with Gasteiger partial charge >= 0.3 is 0 Å². The number of alkyl halides is 1. The van der Waals surface area contributed by atoms with Crippen LogP contribution in [0.15, 0.2) is 54.7 Å². The van der Waals surface area contributed by atoms with Gasteiger partial charge in [-0.3, -0.25) is 0 Å². The van der Waals surface area contributed by atoms with Gasteiger partial charge in [-0.05, 0) is 30.7 Å². The number of rotatable bonds is 10. The number of nitrogens with zero attached hydrogens (tertiary/aromatic N) is 4. The summed E-state index contributed by atoms with van der Waals surface area (Å²) in [5.41, 5.74) is 0.673. The molecule has 0 N–H and O–H groups in total. The van der Waals surface area contributed by atoms with Crippen LogP contribution in [0.4, 0.5) is 4.39 Å². The van der Waals surface area contributed by atoms with Gasteiger partial charge in [0.2, 0.25) is 6.30 Å². The summed E-state index contributed by atoms with van der Waals surface area (Å²) in [6.07, 6.45) is 4.54. The van der Waals surface area contributed by atoms with Gasteiger partial charge in [0.05, 0.1) is 6.61 Å². The van der Waals surface area contributed by atoms with Crippen molar-refractivity contribution in [2.24, 2.45) is 5.16 Å². The molecule has 1 heterocycles. The molecule has 0 saturated carbocycles. The third-order valence-electron chi connectivity index (χ3n) is 3.17. The summed E-state index contributed by atoms with van der Waals surface area (Å²) in [6, 6.07) is 7.03. The molecule has 0 aliphatic heterocycles. The number of unbranched alkanes of at least 4 members (excludes halogenated alkanes) is 1. The lowest BCUT2D eigenvalue weighted by molar-refractivity contribution is 0.168. The summed E-state index contributed by atoms with van der Waals surface area (Å²) in [5, 5.41) is 7.69. The van der Waals surface area contributed by atoms with E-state index in [1.165, 1.54) is 18.7 Å². The topological polar surface area (TPSA) is 61.5 Å². The minimum atomic E-state index is -1.61. The van der Waals surface area contributed by atoms with Crippen molar-refractivity contribution >= 4 is 5.71 Å². The normalized spacial score (nSPS) is 12.7. The lowest BCUT2D eigenvalue weighted by atomic mass is 10.1. The number of benzene rings is 1. The maximum absolute atomic E-state index is 14.7. The second-order valence-electron chi connectivity index (χ2n) is 5.00. The highest BCUT2D eigenvalue weighted by atomic mass is 19.1. The quantitative estimate of drug-likeness (QED) is 0.289. The zero-order valence-corrected chi connectivity index (χ0v) is 13.6. The number of hydrogen-bond acceptors (Lipinski definition) is 5. The van der Waals surface area contributed by atoms with E-state index in [-0.39, 0.29) is 12.3 Å². The highest BCUT2D eigenvalue weighted by molar-refractivity contribution is 6.02. The Morgan fingerprint density at radius 1 is 1.42 bits per heavy atom. The largest absolute Gasteiger partial charge is 0.494 e. The van der Waals surface area contributed by atoms with Crippen LogP contribution in [-0.2, 0) is 4.84 Å². The molecule has 1 unspecified atom stereocenters. The van der Waals surface area contributed by atoms with Crippen molar-refractivity contribution in [3.05, 3.63) is 55.1 Å². The van der Waals surface area contributed by atoms with Crippen molar-refractivity contribution in [2.45, 2.75) is 26.1 Å². The van der Waals surface area contributed by atoms with E-state index in [0.29, 0.717) is 12.2 Å². The number of aromatic nitrogens is 3. The van der Waals surface area contributed by atoms with Crippen molar-refractivity contribution in [1.29, 1.82) is 0 Å². The molecule has 1 aromatic carbocycles. The second kappa shape index (κ2) is 9.44. The van der Waals surface area contributed by atoms with Crippen LogP contribution in [0, 0.1) is 0 Å². The van der Waals surface area contributed by atoms with Gasteiger partial charge in [-0.25, -0.2) is 14.1 Å². The van der Waals surface area contributed by atoms with Gasteiger partial charge in [0.1, 0.15) is 30.7 Å². The number of oxime groups is 1. The number of hydrogen-bond donors (Lipinski definition) is 0. The fraction of sp³-hybridized carbons (Fsp3) is 0.353. The van der Waals surface area contributed by atoms with E-state index in [1.807, 2.05) is 0 Å². The zero-order valence-electron chi connectivity index (χ0n) is 13.6. The molecule has 0 radical (unpaired) electrons. The second-order valence-corrected chi connectivity index (χ2v) is 5.00. The monoisotopic (exact) mass is 332 g/mol. The van der Waals surface area contributed by atoms with Crippen LogP contribution in [-0.4, -0.2) is 33.7 Å². The third-order valence-corrected chi connectivity index (χ3v) is 3.17. The fourth-order valence-corrected chi connectivity index (χ4v) is 1.91. The van der Waals surface area contributed by atoms with E-state index < -0.39 is 6.30 Å². The molecule has 0 aliphatic rings. The van der Waals surface area contributed by atoms with Crippen molar-refractivity contribution < 1.29 is 14.0 Å². The van der Waals surface area contributed by atoms with Crippen LogP contribution in [0.25, 0.3) is 0 Å². The molecule has 0 bridgehead atoms. The summed E-state index contributed by atoms with van der Waals surface area (Å²) >= 11 is 0. The maximum Gasteiger partial charge on any atom is 0.239 e. The fourth-order valence-electron chi connectivity index (χ4n) is 1.91. The minimum Gasteiger partial charge on any atom is -0.494 e. The first-order valence-corrected chi connectivity index (χ1v) is 7.78. The van der Waals surface area contributed by atoms with Crippen LogP contribution >= 0.6 is 0 Å². The van der Waals surface area contributed by atoms with Crippen molar-refractivity contribution in [2.75, 3.05) is 13.2 Å². The van der Waals surface area contributed by atoms with E-state index >= 15 is 0 Å². The minimum absolute atomic E-state index is 0.0995. The van der Waals surface area contributed by atoms with Gasteiger partial charge < -0.3 is 9.57 Å². The molecule has 2 aromatic rings. The predicted molar refractivity (Wildman–Crippen MR) is 89.7 cm³/mol. The first kappa shape index (κ1) is 17.7. The molecule has 7 heteroatoms. The van der Waals surface area contributed by atoms with Crippen molar-refractivity contribution in [3.8, 4) is 5.75 Å². The predicted octanol–water partition coefficient (Wildman–Crippen LogP) is 3.53. The van der Waals surface area contributed by atoms with Gasteiger partial charge in [-0.15, -0.1) is 0 Å². The Morgan fingerprint density at radius 2 is 2.21 bits per heavy atom. The van der Waals surface area contributed by atoms with E-state index in [9.17, 15) is 4.39 Å². The van der Waals surface area contributed by atoms with Gasteiger partial charge in [-0.2, -0.15) is 5.10 Å². The summed E-state index contributed by atoms with van der Waals surface area (Å²) in [5.74, 6) is 0.731. The Hall–Kier alpha value is -2.70. The molecule has 2 rings (SSSR count). The first-order valence-electron chi connectivity index (χ1n) is 7.78. The Morgan fingerprint density at radius 3 is 2.83 bits per heavy atom. The highest BCUT2D eigenvalue weighted by Crippen LogP contribution is 2.20. The van der Waals surface area contributed by atoms with Gasteiger partial charge in [0.25, 0.3) is 0 Å². The molecule has 0 aliphatic carbocycles. The number of ether oxygens (including phenoxy) is 1. The van der Waals surface area contributed by atoms with Gasteiger partial charge in [0.15, 0.2) is 0 Å². The zero-order chi connectivity index (χ0) is 17.2. The first-order chi connectivity index (χ1) is 11.8. The molecule has 1 aromatic heterocycles. The summed E-state index contributed by atoms with van der Waals surface area (Å²) in [4.78, 5) is 8.82. The van der Waals surface area contributed by atoms with E-state index in [4.69, 9.17) is 9.57 Å². The van der Waals surface area contributed by atoms with E-state index in [1.54, 1.807) is 24.3 Å². The Balaban J connectivity index is 2.17. The molecule has 0 saturated heterocycles. The molecular weight excluding hydrogens is 311 g/mol. The molecule has 6 nitrogen and oxygen atoms in total. The summed E-state index contributed by atoms with van der Waals surface area (Å²) in [7, 11) is 0. The lowest BCUT2D eigenvalue weighted by Crippen LogP contribution is -2.17. The third kappa shape index (κ3) is 4.91. The van der Waals surface area contributed by atoms with E-state index in [2.05, 4.69) is 28.7 Å². The van der Waals surface area contributed by atoms with Crippen LogP contribution < -0.4 is 4.74 Å². The molecular formula is C17H21FN4O2. The smallest absolute Gasteiger partial charge is 0.239 e. The Kier molecular flexibility index (Phi) is 6.94. The van der Waals surface area contributed by atoms with E-state index in [0.717, 1.165) is 23.3 Å². The lowest BCUT2D eigenvalue weighted by Gasteiger charge is -2.12. The molecule has 0 fully saturated rings. The Bertz CT molecular complexity index is 641.